The monoisotopic (exact) mass is 302 g/mol. The second kappa shape index (κ2) is 7.54. The van der Waals surface area contributed by atoms with Crippen LogP contribution >= 0.6 is 11.6 Å². The van der Waals surface area contributed by atoms with Gasteiger partial charge in [0.2, 0.25) is 0 Å². The van der Waals surface area contributed by atoms with Crippen molar-refractivity contribution >= 4 is 17.3 Å². The lowest BCUT2D eigenvalue weighted by Crippen LogP contribution is -2.38. The van der Waals surface area contributed by atoms with E-state index >= 15 is 0 Å². The summed E-state index contributed by atoms with van der Waals surface area (Å²) in [6, 6.07) is 4.54. The number of aliphatic hydroxyl groups is 1. The fourth-order valence-electron chi connectivity index (χ4n) is 1.73. The predicted molar refractivity (Wildman–Crippen MR) is 76.9 cm³/mol. The molecule has 1 atom stereocenters. The van der Waals surface area contributed by atoms with E-state index < -0.39 is 10.5 Å². The molecule has 0 heterocycles. The third-order valence-electron chi connectivity index (χ3n) is 2.91. The van der Waals surface area contributed by atoms with Gasteiger partial charge in [0, 0.05) is 49.9 Å². The quantitative estimate of drug-likeness (QED) is 0.567. The van der Waals surface area contributed by atoms with Gasteiger partial charge in [0.15, 0.2) is 0 Å². The predicted octanol–water partition coefficient (Wildman–Crippen LogP) is 2.13. The number of nitro benzene ring substituents is 1. The Hall–Kier alpha value is -1.21. The first-order chi connectivity index (χ1) is 9.35. The summed E-state index contributed by atoms with van der Waals surface area (Å²) >= 11 is 5.75. The van der Waals surface area contributed by atoms with E-state index in [4.69, 9.17) is 16.3 Å². The largest absolute Gasteiger partial charge is 0.389 e. The van der Waals surface area contributed by atoms with Gasteiger partial charge < -0.3 is 15.2 Å². The van der Waals surface area contributed by atoms with Crippen LogP contribution in [0.4, 0.5) is 5.69 Å². The number of nitro groups is 1. The average Bonchev–Trinajstić information content (AvgIpc) is 2.38. The Kier molecular flexibility index (Phi) is 6.35. The van der Waals surface area contributed by atoms with E-state index in [0.29, 0.717) is 30.2 Å². The Morgan fingerprint density at radius 3 is 2.85 bits per heavy atom. The first-order valence-corrected chi connectivity index (χ1v) is 6.58. The molecule has 7 heteroatoms. The van der Waals surface area contributed by atoms with Crippen LogP contribution in [0, 0.1) is 10.1 Å². The van der Waals surface area contributed by atoms with Gasteiger partial charge in [0.05, 0.1) is 10.5 Å². The van der Waals surface area contributed by atoms with Gasteiger partial charge in [-0.1, -0.05) is 11.6 Å². The van der Waals surface area contributed by atoms with E-state index in [0.717, 1.165) is 0 Å². The molecule has 0 aliphatic carbocycles. The van der Waals surface area contributed by atoms with Gasteiger partial charge in [-0.05, 0) is 19.1 Å². The van der Waals surface area contributed by atoms with E-state index in [1.807, 2.05) is 0 Å². The normalized spacial score (nSPS) is 14.0. The van der Waals surface area contributed by atoms with Gasteiger partial charge in [-0.15, -0.1) is 0 Å². The lowest BCUT2D eigenvalue weighted by molar-refractivity contribution is -0.385. The Bertz CT molecular complexity index is 466. The molecule has 112 valence electrons. The van der Waals surface area contributed by atoms with E-state index in [-0.39, 0.29) is 12.2 Å². The van der Waals surface area contributed by atoms with Crippen molar-refractivity contribution in [3.63, 3.8) is 0 Å². The van der Waals surface area contributed by atoms with E-state index in [1.54, 1.807) is 26.2 Å². The van der Waals surface area contributed by atoms with E-state index in [1.165, 1.54) is 6.07 Å². The number of halogens is 1. The maximum absolute atomic E-state index is 10.9. The van der Waals surface area contributed by atoms with Gasteiger partial charge >= 0.3 is 0 Å². The highest BCUT2D eigenvalue weighted by atomic mass is 35.5. The zero-order chi connectivity index (χ0) is 15.2. The minimum Gasteiger partial charge on any atom is -0.389 e. The lowest BCUT2D eigenvalue weighted by atomic mass is 10.0. The summed E-state index contributed by atoms with van der Waals surface area (Å²) < 4.78 is 4.91. The molecule has 1 rings (SSSR count). The van der Waals surface area contributed by atoms with Crippen LogP contribution in [0.2, 0.25) is 5.02 Å². The van der Waals surface area contributed by atoms with Gasteiger partial charge in [-0.2, -0.15) is 0 Å². The van der Waals surface area contributed by atoms with Crippen LogP contribution in [-0.2, 0) is 11.3 Å². The van der Waals surface area contributed by atoms with Gasteiger partial charge in [0.1, 0.15) is 0 Å². The minimum atomic E-state index is -0.919. The summed E-state index contributed by atoms with van der Waals surface area (Å²) in [5.74, 6) is 0. The van der Waals surface area contributed by atoms with Gasteiger partial charge in [-0.3, -0.25) is 10.1 Å². The number of nitrogens with zero attached hydrogens (tertiary/aromatic N) is 1. The second-order valence-corrected chi connectivity index (χ2v) is 5.31. The van der Waals surface area contributed by atoms with Crippen molar-refractivity contribution in [2.45, 2.75) is 25.5 Å². The van der Waals surface area contributed by atoms with Gasteiger partial charge in [-0.25, -0.2) is 0 Å². The number of ether oxygens (including phenoxy) is 1. The summed E-state index contributed by atoms with van der Waals surface area (Å²) in [6.07, 6.45) is 0.485. The standard InChI is InChI=1S/C13H19ClN2O4/c1-13(17,5-6-20-2)9-15-8-10-3-4-11(14)7-12(10)16(18)19/h3-4,7,15,17H,5-6,8-9H2,1-2H3. The molecule has 20 heavy (non-hydrogen) atoms. The molecular weight excluding hydrogens is 284 g/mol. The third kappa shape index (κ3) is 5.42. The Balaban J connectivity index is 2.60. The number of benzene rings is 1. The second-order valence-electron chi connectivity index (χ2n) is 4.87. The first kappa shape index (κ1) is 16.8. The van der Waals surface area contributed by atoms with Crippen molar-refractivity contribution in [2.24, 2.45) is 0 Å². The van der Waals surface area contributed by atoms with Crippen LogP contribution in [0.25, 0.3) is 0 Å². The Labute approximate surface area is 122 Å². The SMILES string of the molecule is COCCC(C)(O)CNCc1ccc(Cl)cc1[N+](=O)[O-]. The molecule has 1 aromatic carbocycles. The number of hydrogen-bond donors (Lipinski definition) is 2. The Morgan fingerprint density at radius 1 is 1.55 bits per heavy atom. The van der Waals surface area contributed by atoms with Crippen molar-refractivity contribution in [3.05, 3.63) is 38.9 Å². The maximum atomic E-state index is 10.9. The highest BCUT2D eigenvalue weighted by Crippen LogP contribution is 2.23. The van der Waals surface area contributed by atoms with Crippen molar-refractivity contribution in [3.8, 4) is 0 Å². The smallest absolute Gasteiger partial charge is 0.275 e. The number of hydrogen-bond acceptors (Lipinski definition) is 5. The third-order valence-corrected chi connectivity index (χ3v) is 3.15. The summed E-state index contributed by atoms with van der Waals surface area (Å²) in [4.78, 5) is 10.5. The highest BCUT2D eigenvalue weighted by Gasteiger charge is 2.20. The average molecular weight is 303 g/mol. The summed E-state index contributed by atoms with van der Waals surface area (Å²) in [6.45, 7) is 2.75. The molecule has 0 radical (unpaired) electrons. The number of methoxy groups -OCH3 is 1. The zero-order valence-electron chi connectivity index (χ0n) is 11.6. The highest BCUT2D eigenvalue weighted by molar-refractivity contribution is 6.30. The summed E-state index contributed by atoms with van der Waals surface area (Å²) in [7, 11) is 1.57. The van der Waals surface area contributed by atoms with Gasteiger partial charge in [0.25, 0.3) is 5.69 Å². The molecule has 0 saturated heterocycles. The van der Waals surface area contributed by atoms with Crippen LogP contribution in [-0.4, -0.2) is 35.9 Å². The van der Waals surface area contributed by atoms with Crippen LogP contribution < -0.4 is 5.32 Å². The molecule has 0 amide bonds. The van der Waals surface area contributed by atoms with E-state index in [9.17, 15) is 15.2 Å². The van der Waals surface area contributed by atoms with Crippen LogP contribution in [0.15, 0.2) is 18.2 Å². The molecular formula is C13H19ClN2O4. The molecule has 0 aliphatic heterocycles. The molecule has 0 bridgehead atoms. The summed E-state index contributed by atoms with van der Waals surface area (Å²) in [5.41, 5.74) is -0.416. The summed E-state index contributed by atoms with van der Waals surface area (Å²) in [5, 5.41) is 24.3. The molecule has 1 aromatic rings. The van der Waals surface area contributed by atoms with Crippen LogP contribution in [0.1, 0.15) is 18.9 Å². The fourth-order valence-corrected chi connectivity index (χ4v) is 1.90. The zero-order valence-corrected chi connectivity index (χ0v) is 12.3. The van der Waals surface area contributed by atoms with Crippen molar-refractivity contribution in [1.82, 2.24) is 5.32 Å². The Morgan fingerprint density at radius 2 is 2.25 bits per heavy atom. The molecule has 0 aliphatic rings. The molecule has 0 aromatic heterocycles. The fraction of sp³-hybridized carbons (Fsp3) is 0.538. The van der Waals surface area contributed by atoms with Crippen LogP contribution in [0.3, 0.4) is 0 Å². The molecule has 2 N–H and O–H groups in total. The number of rotatable bonds is 8. The molecule has 0 fully saturated rings. The van der Waals surface area contributed by atoms with Crippen molar-refractivity contribution in [1.29, 1.82) is 0 Å². The van der Waals surface area contributed by atoms with Crippen LogP contribution in [0.5, 0.6) is 0 Å². The topological polar surface area (TPSA) is 84.6 Å². The van der Waals surface area contributed by atoms with Crippen molar-refractivity contribution < 1.29 is 14.8 Å². The molecule has 0 spiro atoms. The molecule has 6 nitrogen and oxygen atoms in total. The minimum absolute atomic E-state index is 0.0264. The molecule has 1 unspecified atom stereocenters. The first-order valence-electron chi connectivity index (χ1n) is 6.20. The lowest BCUT2D eigenvalue weighted by Gasteiger charge is -2.23. The van der Waals surface area contributed by atoms with E-state index in [2.05, 4.69) is 5.32 Å². The molecule has 0 saturated carbocycles. The maximum Gasteiger partial charge on any atom is 0.275 e. The van der Waals surface area contributed by atoms with Crippen molar-refractivity contribution in [2.75, 3.05) is 20.3 Å². The number of nitrogens with one attached hydrogen (secondary N) is 1.